The van der Waals surface area contributed by atoms with Crippen LogP contribution in [-0.4, -0.2) is 49.8 Å². The maximum Gasteiger partial charge on any atom is 0.413 e. The first-order valence-corrected chi connectivity index (χ1v) is 19.7. The van der Waals surface area contributed by atoms with Crippen LogP contribution in [0.5, 0.6) is 5.75 Å². The van der Waals surface area contributed by atoms with E-state index < -0.39 is 17.7 Å². The van der Waals surface area contributed by atoms with E-state index in [1.807, 2.05) is 72.2 Å². The molecule has 12 heteroatoms. The van der Waals surface area contributed by atoms with Gasteiger partial charge in [-0.25, -0.2) is 14.8 Å². The molecule has 0 spiro atoms. The van der Waals surface area contributed by atoms with Crippen LogP contribution in [0.1, 0.15) is 92.2 Å². The maximum absolute atomic E-state index is 13.5. The van der Waals surface area contributed by atoms with Gasteiger partial charge in [0.15, 0.2) is 5.82 Å². The standard InChI is InChI=1S/C46H47N5O7/c1-4-56-29-39-48-42-43(51(39)30-46(2,3)55)36-16-8-9-17-37(36)47-44(42)49-45(54)57-28-31-21-25-35(26-22-31)58-41(53)20-12-11-19-40(52)50-27-34-15-6-5-13-32(34)23-24-33-14-7-10-18-38(33)50/h5-7,9-10,13-15,17-18,21-22,25-26,55H,4,8,11-12,16,19-20,27-30H2,1-3H3,(H,47,49,54). The van der Waals surface area contributed by atoms with Crippen molar-refractivity contribution in [1.29, 1.82) is 0 Å². The number of pyridine rings is 1. The minimum atomic E-state index is -1.02. The predicted molar refractivity (Wildman–Crippen MR) is 221 cm³/mol. The van der Waals surface area contributed by atoms with Crippen LogP contribution in [0.4, 0.5) is 16.3 Å². The van der Waals surface area contributed by atoms with Crippen molar-refractivity contribution < 1.29 is 33.7 Å². The fourth-order valence-corrected chi connectivity index (χ4v) is 7.09. The van der Waals surface area contributed by atoms with E-state index in [9.17, 15) is 19.5 Å². The molecule has 3 aromatic carbocycles. The van der Waals surface area contributed by atoms with E-state index in [2.05, 4.69) is 17.2 Å². The van der Waals surface area contributed by atoms with Gasteiger partial charge in [-0.3, -0.25) is 14.9 Å². The van der Waals surface area contributed by atoms with Gasteiger partial charge in [-0.05, 0) is 94.0 Å². The van der Waals surface area contributed by atoms with Crippen molar-refractivity contribution in [2.24, 2.45) is 0 Å². The first kappa shape index (κ1) is 39.9. The van der Waals surface area contributed by atoms with Crippen LogP contribution in [0, 0.1) is 11.8 Å². The van der Waals surface area contributed by atoms with Gasteiger partial charge >= 0.3 is 12.1 Å². The van der Waals surface area contributed by atoms with Crippen LogP contribution in [0.2, 0.25) is 0 Å². The number of hydrogen-bond acceptors (Lipinski definition) is 9. The number of benzene rings is 3. The van der Waals surface area contributed by atoms with Crippen LogP contribution in [-0.2, 0) is 51.8 Å². The highest BCUT2D eigenvalue weighted by atomic mass is 16.5. The highest BCUT2D eigenvalue weighted by Gasteiger charge is 2.27. The molecule has 0 saturated heterocycles. The van der Waals surface area contributed by atoms with Crippen molar-refractivity contribution in [3.63, 3.8) is 0 Å². The summed E-state index contributed by atoms with van der Waals surface area (Å²) < 4.78 is 18.8. The maximum atomic E-state index is 13.5. The number of aromatic nitrogens is 3. The molecule has 3 heterocycles. The number of nitrogens with zero attached hydrogens (tertiary/aromatic N) is 4. The van der Waals surface area contributed by atoms with Gasteiger partial charge in [0.25, 0.3) is 0 Å². The van der Waals surface area contributed by atoms with Crippen LogP contribution in [0.3, 0.4) is 0 Å². The number of imidazole rings is 1. The number of aliphatic hydroxyl groups is 1. The molecule has 2 amide bonds. The number of hydrogen-bond donors (Lipinski definition) is 2. The van der Waals surface area contributed by atoms with Crippen molar-refractivity contribution in [3.05, 3.63) is 118 Å². The Kier molecular flexibility index (Phi) is 12.3. The second-order valence-corrected chi connectivity index (χ2v) is 15.0. The minimum absolute atomic E-state index is 0.0280. The number of aryl methyl sites for hydroxylation is 1. The molecule has 5 aromatic rings. The van der Waals surface area contributed by atoms with E-state index in [0.29, 0.717) is 48.6 Å². The number of unbranched alkanes of at least 4 members (excludes halogenated alkanes) is 1. The third-order valence-corrected chi connectivity index (χ3v) is 9.86. The second-order valence-electron chi connectivity index (χ2n) is 15.0. The van der Waals surface area contributed by atoms with Crippen LogP contribution in [0.15, 0.2) is 78.9 Å². The van der Waals surface area contributed by atoms with Crippen molar-refractivity contribution in [3.8, 4) is 17.6 Å². The summed E-state index contributed by atoms with van der Waals surface area (Å²) in [5.74, 6) is 7.27. The Morgan fingerprint density at radius 1 is 0.914 bits per heavy atom. The van der Waals surface area contributed by atoms with Crippen molar-refractivity contribution in [2.75, 3.05) is 16.8 Å². The molecule has 1 aliphatic heterocycles. The first-order valence-electron chi connectivity index (χ1n) is 19.7. The molecule has 0 saturated carbocycles. The van der Waals surface area contributed by atoms with Gasteiger partial charge in [0, 0.05) is 36.1 Å². The summed E-state index contributed by atoms with van der Waals surface area (Å²) >= 11 is 0. The fraction of sp³-hybridized carbons (Fsp3) is 0.326. The van der Waals surface area contributed by atoms with Gasteiger partial charge in [-0.2, -0.15) is 0 Å². The van der Waals surface area contributed by atoms with Gasteiger partial charge < -0.3 is 28.8 Å². The zero-order chi connectivity index (χ0) is 40.6. The Balaban J connectivity index is 0.912. The number of para-hydroxylation sites is 1. The van der Waals surface area contributed by atoms with Crippen molar-refractivity contribution in [1.82, 2.24) is 14.5 Å². The van der Waals surface area contributed by atoms with E-state index in [1.165, 1.54) is 0 Å². The molecule has 58 heavy (non-hydrogen) atoms. The lowest BCUT2D eigenvalue weighted by atomic mass is 10.00. The SMILES string of the molecule is CCOCc1nc2c(NC(=O)OCc3ccc(OC(=O)CCCCC(=O)N4Cc5ccccc5C#Cc5ccccc54)cc3)nc3c(c2n1CC(C)(C)O)CCC=C3. The summed E-state index contributed by atoms with van der Waals surface area (Å²) in [5, 5.41) is 13.5. The molecular weight excluding hydrogens is 735 g/mol. The normalized spacial score (nSPS) is 13.0. The Bertz CT molecular complexity index is 2420. The lowest BCUT2D eigenvalue weighted by molar-refractivity contribution is -0.134. The zero-order valence-electron chi connectivity index (χ0n) is 33.0. The van der Waals surface area contributed by atoms with Gasteiger partial charge in [-0.15, -0.1) is 0 Å². The average Bonchev–Trinajstić information content (AvgIpc) is 3.56. The fourth-order valence-electron chi connectivity index (χ4n) is 7.09. The smallest absolute Gasteiger partial charge is 0.413 e. The second kappa shape index (κ2) is 17.9. The number of nitrogens with one attached hydrogen (secondary N) is 1. The van der Waals surface area contributed by atoms with Gasteiger partial charge in [-0.1, -0.05) is 60.4 Å². The monoisotopic (exact) mass is 781 g/mol. The van der Waals surface area contributed by atoms with E-state index in [4.69, 9.17) is 24.2 Å². The molecule has 0 radical (unpaired) electrons. The summed E-state index contributed by atoms with van der Waals surface area (Å²) in [6.45, 7) is 6.79. The summed E-state index contributed by atoms with van der Waals surface area (Å²) in [6.07, 6.45) is 6.32. The zero-order valence-corrected chi connectivity index (χ0v) is 33.0. The molecule has 7 rings (SSSR count). The minimum Gasteiger partial charge on any atom is -0.444 e. The van der Waals surface area contributed by atoms with Crippen LogP contribution < -0.4 is 15.0 Å². The molecule has 0 fully saturated rings. The third-order valence-electron chi connectivity index (χ3n) is 9.86. The van der Waals surface area contributed by atoms with Crippen molar-refractivity contribution >= 4 is 46.6 Å². The highest BCUT2D eigenvalue weighted by molar-refractivity contribution is 5.98. The van der Waals surface area contributed by atoms with Gasteiger partial charge in [0.05, 0.1) is 35.6 Å². The van der Waals surface area contributed by atoms with E-state index in [-0.39, 0.29) is 44.3 Å². The Morgan fingerprint density at radius 2 is 1.66 bits per heavy atom. The first-order chi connectivity index (χ1) is 28.1. The molecule has 12 nitrogen and oxygen atoms in total. The Labute approximate surface area is 337 Å². The Morgan fingerprint density at radius 3 is 2.45 bits per heavy atom. The van der Waals surface area contributed by atoms with Crippen LogP contribution >= 0.6 is 0 Å². The number of allylic oxidation sites excluding steroid dienone is 1. The number of carbonyl (C=O) groups excluding carboxylic acids is 3. The summed E-state index contributed by atoms with van der Waals surface area (Å²) in [6, 6.07) is 22.2. The molecular formula is C46H47N5O7. The van der Waals surface area contributed by atoms with Crippen LogP contribution in [0.25, 0.3) is 17.1 Å². The summed E-state index contributed by atoms with van der Waals surface area (Å²) in [4.78, 5) is 50.6. The molecule has 1 aliphatic carbocycles. The van der Waals surface area contributed by atoms with Gasteiger partial charge in [0.1, 0.15) is 30.3 Å². The largest absolute Gasteiger partial charge is 0.444 e. The molecule has 2 N–H and O–H groups in total. The molecule has 298 valence electrons. The number of fused-ring (bicyclic) bond motifs is 5. The quantitative estimate of drug-likeness (QED) is 0.0498. The van der Waals surface area contributed by atoms with E-state index in [0.717, 1.165) is 52.0 Å². The molecule has 2 aliphatic rings. The number of anilines is 2. The number of rotatable bonds is 14. The number of esters is 1. The number of carbonyl (C=O) groups is 3. The van der Waals surface area contributed by atoms with Crippen molar-refractivity contribution in [2.45, 2.75) is 91.2 Å². The molecule has 0 bridgehead atoms. The van der Waals surface area contributed by atoms with E-state index >= 15 is 0 Å². The van der Waals surface area contributed by atoms with Gasteiger partial charge in [0.2, 0.25) is 5.91 Å². The third kappa shape index (κ3) is 9.62. The topological polar surface area (TPSA) is 145 Å². The van der Waals surface area contributed by atoms with E-state index in [1.54, 1.807) is 43.0 Å². The molecule has 0 unspecified atom stereocenters. The lowest BCUT2D eigenvalue weighted by Gasteiger charge is -2.26. The number of amides is 2. The molecule has 2 aromatic heterocycles. The average molecular weight is 782 g/mol. The predicted octanol–water partition coefficient (Wildman–Crippen LogP) is 7.86. The summed E-state index contributed by atoms with van der Waals surface area (Å²) in [7, 11) is 0. The number of ether oxygens (including phenoxy) is 3. The Hall–Kier alpha value is -6.29. The lowest BCUT2D eigenvalue weighted by Crippen LogP contribution is -2.31. The highest BCUT2D eigenvalue weighted by Crippen LogP contribution is 2.33. The molecule has 0 atom stereocenters. The summed E-state index contributed by atoms with van der Waals surface area (Å²) in [5.41, 5.74) is 6.18.